The molecule has 1 saturated heterocycles. The Morgan fingerprint density at radius 1 is 1.38 bits per heavy atom. The van der Waals surface area contributed by atoms with Crippen molar-refractivity contribution in [1.29, 1.82) is 0 Å². The number of hydrogen-bond donors (Lipinski definition) is 1. The van der Waals surface area contributed by atoms with Crippen LogP contribution in [0.15, 0.2) is 18.2 Å². The van der Waals surface area contributed by atoms with E-state index in [-0.39, 0.29) is 10.6 Å². The Bertz CT molecular complexity index is 400. The van der Waals surface area contributed by atoms with E-state index in [1.807, 2.05) is 7.05 Å². The van der Waals surface area contributed by atoms with Gasteiger partial charge in [-0.1, -0.05) is 0 Å². The minimum atomic E-state index is -0.348. The molecule has 1 aliphatic rings. The Balaban J connectivity index is 2.38. The molecule has 0 aromatic heterocycles. The highest BCUT2D eigenvalue weighted by atomic mass is 16.6. The van der Waals surface area contributed by atoms with Gasteiger partial charge in [0, 0.05) is 32.3 Å². The van der Waals surface area contributed by atoms with Crippen molar-refractivity contribution in [3.05, 3.63) is 28.3 Å². The van der Waals surface area contributed by atoms with Gasteiger partial charge < -0.3 is 10.2 Å². The van der Waals surface area contributed by atoms with E-state index >= 15 is 0 Å². The van der Waals surface area contributed by atoms with Gasteiger partial charge in [0.15, 0.2) is 0 Å². The topological polar surface area (TPSA) is 58.4 Å². The van der Waals surface area contributed by atoms with Gasteiger partial charge in [0.2, 0.25) is 0 Å². The predicted molar refractivity (Wildman–Crippen MR) is 64.1 cm³/mol. The number of anilines is 2. The normalized spacial score (nSPS) is 15.2. The zero-order valence-corrected chi connectivity index (χ0v) is 9.27. The van der Waals surface area contributed by atoms with Crippen LogP contribution in [0, 0.1) is 10.1 Å². The number of nitro benzene ring substituents is 1. The van der Waals surface area contributed by atoms with Crippen molar-refractivity contribution in [2.75, 3.05) is 30.4 Å². The third kappa shape index (κ3) is 1.93. The third-order valence-corrected chi connectivity index (χ3v) is 2.91. The van der Waals surface area contributed by atoms with Crippen LogP contribution in [0.1, 0.15) is 12.8 Å². The number of nitrogens with one attached hydrogen (secondary N) is 1. The van der Waals surface area contributed by atoms with Gasteiger partial charge in [-0.2, -0.15) is 0 Å². The van der Waals surface area contributed by atoms with Gasteiger partial charge in [-0.15, -0.1) is 0 Å². The van der Waals surface area contributed by atoms with Gasteiger partial charge in [0.1, 0.15) is 0 Å². The van der Waals surface area contributed by atoms with Crippen molar-refractivity contribution in [2.24, 2.45) is 0 Å². The monoisotopic (exact) mass is 221 g/mol. The van der Waals surface area contributed by atoms with Crippen LogP contribution in [-0.4, -0.2) is 25.1 Å². The predicted octanol–water partition coefficient (Wildman–Crippen LogP) is 2.24. The summed E-state index contributed by atoms with van der Waals surface area (Å²) in [5, 5.41) is 13.8. The molecule has 1 aromatic carbocycles. The summed E-state index contributed by atoms with van der Waals surface area (Å²) in [6, 6.07) is 4.95. The van der Waals surface area contributed by atoms with Gasteiger partial charge in [0.25, 0.3) is 5.69 Å². The lowest BCUT2D eigenvalue weighted by atomic mass is 10.2. The summed E-state index contributed by atoms with van der Waals surface area (Å²) < 4.78 is 0. The maximum Gasteiger partial charge on any atom is 0.271 e. The molecule has 0 radical (unpaired) electrons. The lowest BCUT2D eigenvalue weighted by Crippen LogP contribution is -2.19. The Morgan fingerprint density at radius 3 is 2.62 bits per heavy atom. The van der Waals surface area contributed by atoms with Gasteiger partial charge >= 0.3 is 0 Å². The first kappa shape index (κ1) is 10.7. The first-order valence-electron chi connectivity index (χ1n) is 5.43. The summed E-state index contributed by atoms with van der Waals surface area (Å²) in [6.07, 6.45) is 2.32. The zero-order valence-electron chi connectivity index (χ0n) is 9.27. The van der Waals surface area contributed by atoms with E-state index in [9.17, 15) is 10.1 Å². The van der Waals surface area contributed by atoms with Crippen LogP contribution < -0.4 is 10.2 Å². The zero-order chi connectivity index (χ0) is 11.5. The molecule has 0 spiro atoms. The molecule has 0 aliphatic carbocycles. The number of benzene rings is 1. The molecule has 0 amide bonds. The van der Waals surface area contributed by atoms with Crippen molar-refractivity contribution in [3.8, 4) is 0 Å². The van der Waals surface area contributed by atoms with Crippen molar-refractivity contribution in [3.63, 3.8) is 0 Å². The highest BCUT2D eigenvalue weighted by molar-refractivity contribution is 5.73. The Labute approximate surface area is 94.2 Å². The molecule has 1 aromatic rings. The molecule has 1 fully saturated rings. The van der Waals surface area contributed by atoms with Crippen LogP contribution >= 0.6 is 0 Å². The number of non-ortho nitro benzene ring substituents is 1. The quantitative estimate of drug-likeness (QED) is 0.628. The number of nitro groups is 1. The van der Waals surface area contributed by atoms with Gasteiger partial charge in [-0.05, 0) is 18.9 Å². The fraction of sp³-hybridized carbons (Fsp3) is 0.455. The van der Waals surface area contributed by atoms with E-state index in [0.29, 0.717) is 0 Å². The number of rotatable bonds is 3. The summed E-state index contributed by atoms with van der Waals surface area (Å²) in [4.78, 5) is 12.6. The van der Waals surface area contributed by atoms with Crippen molar-refractivity contribution < 1.29 is 4.92 Å². The van der Waals surface area contributed by atoms with E-state index in [4.69, 9.17) is 0 Å². The smallest absolute Gasteiger partial charge is 0.271 e. The van der Waals surface area contributed by atoms with E-state index in [2.05, 4.69) is 10.2 Å². The molecule has 16 heavy (non-hydrogen) atoms. The minimum Gasteiger partial charge on any atom is -0.386 e. The first-order valence-corrected chi connectivity index (χ1v) is 5.43. The Hall–Kier alpha value is -1.78. The summed E-state index contributed by atoms with van der Waals surface area (Å²) in [6.45, 7) is 1.96. The molecule has 5 nitrogen and oxygen atoms in total. The standard InChI is InChI=1S/C11H15N3O2/c1-12-10-5-4-9(14(15)16)8-11(10)13-6-2-3-7-13/h4-5,8,12H,2-3,6-7H2,1H3. The van der Waals surface area contributed by atoms with E-state index in [1.165, 1.54) is 6.07 Å². The van der Waals surface area contributed by atoms with Crippen LogP contribution in [0.2, 0.25) is 0 Å². The van der Waals surface area contributed by atoms with E-state index in [1.54, 1.807) is 12.1 Å². The maximum absolute atomic E-state index is 10.7. The lowest BCUT2D eigenvalue weighted by molar-refractivity contribution is -0.384. The lowest BCUT2D eigenvalue weighted by Gasteiger charge is -2.20. The summed E-state index contributed by atoms with van der Waals surface area (Å²) in [5.74, 6) is 0. The average molecular weight is 221 g/mol. The van der Waals surface area contributed by atoms with Crippen molar-refractivity contribution >= 4 is 17.1 Å². The fourth-order valence-corrected chi connectivity index (χ4v) is 2.06. The largest absolute Gasteiger partial charge is 0.386 e. The van der Waals surface area contributed by atoms with E-state index in [0.717, 1.165) is 37.3 Å². The molecule has 1 N–H and O–H groups in total. The second-order valence-corrected chi connectivity index (χ2v) is 3.90. The summed E-state index contributed by atoms with van der Waals surface area (Å²) >= 11 is 0. The van der Waals surface area contributed by atoms with Crippen LogP contribution in [-0.2, 0) is 0 Å². The molecule has 86 valence electrons. The highest BCUT2D eigenvalue weighted by Crippen LogP contribution is 2.32. The average Bonchev–Trinajstić information content (AvgIpc) is 2.81. The molecule has 1 heterocycles. The molecule has 0 saturated carbocycles. The van der Waals surface area contributed by atoms with Crippen molar-refractivity contribution in [1.82, 2.24) is 0 Å². The molecular weight excluding hydrogens is 206 g/mol. The van der Waals surface area contributed by atoms with Crippen molar-refractivity contribution in [2.45, 2.75) is 12.8 Å². The molecule has 0 bridgehead atoms. The molecule has 0 atom stereocenters. The molecular formula is C11H15N3O2. The van der Waals surface area contributed by atoms with Crippen LogP contribution in [0.25, 0.3) is 0 Å². The van der Waals surface area contributed by atoms with E-state index < -0.39 is 0 Å². The number of nitrogens with zero attached hydrogens (tertiary/aromatic N) is 2. The highest BCUT2D eigenvalue weighted by Gasteiger charge is 2.18. The second-order valence-electron chi connectivity index (χ2n) is 3.90. The summed E-state index contributed by atoms with van der Waals surface area (Å²) in [5.41, 5.74) is 2.04. The molecule has 1 aliphatic heterocycles. The van der Waals surface area contributed by atoms with Crippen LogP contribution in [0.3, 0.4) is 0 Å². The Morgan fingerprint density at radius 2 is 2.06 bits per heavy atom. The summed E-state index contributed by atoms with van der Waals surface area (Å²) in [7, 11) is 1.83. The first-order chi connectivity index (χ1) is 7.72. The van der Waals surface area contributed by atoms with Crippen LogP contribution in [0.5, 0.6) is 0 Å². The molecule has 2 rings (SSSR count). The fourth-order valence-electron chi connectivity index (χ4n) is 2.06. The number of hydrogen-bond acceptors (Lipinski definition) is 4. The van der Waals surface area contributed by atoms with Gasteiger partial charge in [-0.25, -0.2) is 0 Å². The van der Waals surface area contributed by atoms with Crippen LogP contribution in [0.4, 0.5) is 17.1 Å². The molecule has 5 heteroatoms. The minimum absolute atomic E-state index is 0.154. The maximum atomic E-state index is 10.7. The SMILES string of the molecule is CNc1ccc([N+](=O)[O-])cc1N1CCCC1. The third-order valence-electron chi connectivity index (χ3n) is 2.91. The Kier molecular flexibility index (Phi) is 2.94. The second kappa shape index (κ2) is 4.38. The molecule has 0 unspecified atom stereocenters. The van der Waals surface area contributed by atoms with Gasteiger partial charge in [-0.3, -0.25) is 10.1 Å². The van der Waals surface area contributed by atoms with Gasteiger partial charge in [0.05, 0.1) is 16.3 Å².